The highest BCUT2D eigenvalue weighted by Crippen LogP contribution is 2.34. The minimum atomic E-state index is -0.443. The Bertz CT molecular complexity index is 545. The third-order valence-corrected chi connectivity index (χ3v) is 3.78. The predicted octanol–water partition coefficient (Wildman–Crippen LogP) is 2.19. The van der Waals surface area contributed by atoms with Crippen LogP contribution in [-0.2, 0) is 10.3 Å². The first-order valence-corrected chi connectivity index (χ1v) is 6.75. The van der Waals surface area contributed by atoms with Gasteiger partial charge in [-0.3, -0.25) is 0 Å². The maximum atomic E-state index is 5.78. The molecule has 1 aliphatic rings. The standard InChI is InChI=1S/C11H14N4O2S/c1-11(4-2-3-5-16-11)9-14-8(17-15-9)7-6-18-10(12)13-7/h6H,2-5H2,1H3,(H2,12,13). The molecule has 1 atom stereocenters. The van der Waals surface area contributed by atoms with E-state index in [1.54, 1.807) is 5.38 Å². The molecule has 2 N–H and O–H groups in total. The monoisotopic (exact) mass is 266 g/mol. The summed E-state index contributed by atoms with van der Waals surface area (Å²) in [6.07, 6.45) is 3.11. The second-order valence-electron chi connectivity index (χ2n) is 4.53. The molecular weight excluding hydrogens is 252 g/mol. The van der Waals surface area contributed by atoms with Gasteiger partial charge in [-0.25, -0.2) is 4.98 Å². The van der Waals surface area contributed by atoms with E-state index in [0.717, 1.165) is 25.9 Å². The summed E-state index contributed by atoms with van der Waals surface area (Å²) >= 11 is 1.35. The number of nitrogen functional groups attached to an aromatic ring is 1. The number of ether oxygens (including phenoxy) is 1. The normalized spacial score (nSPS) is 24.3. The zero-order valence-electron chi connectivity index (χ0n) is 10.0. The molecule has 0 saturated carbocycles. The Hall–Kier alpha value is -1.47. The van der Waals surface area contributed by atoms with Crippen molar-refractivity contribution in [3.8, 4) is 11.6 Å². The van der Waals surface area contributed by atoms with Gasteiger partial charge in [-0.1, -0.05) is 5.16 Å². The Labute approximate surface area is 108 Å². The average molecular weight is 266 g/mol. The molecule has 2 aromatic heterocycles. The minimum absolute atomic E-state index is 0.397. The molecule has 2 aromatic rings. The molecule has 7 heteroatoms. The van der Waals surface area contributed by atoms with Crippen LogP contribution in [0, 0.1) is 0 Å². The van der Waals surface area contributed by atoms with E-state index in [9.17, 15) is 0 Å². The van der Waals surface area contributed by atoms with Crippen LogP contribution in [0.3, 0.4) is 0 Å². The van der Waals surface area contributed by atoms with Crippen LogP contribution < -0.4 is 5.73 Å². The van der Waals surface area contributed by atoms with E-state index in [2.05, 4.69) is 15.1 Å². The van der Waals surface area contributed by atoms with Crippen LogP contribution in [0.1, 0.15) is 32.0 Å². The molecule has 96 valence electrons. The van der Waals surface area contributed by atoms with Crippen molar-refractivity contribution in [2.75, 3.05) is 12.3 Å². The maximum Gasteiger partial charge on any atom is 0.277 e. The Balaban J connectivity index is 1.89. The average Bonchev–Trinajstić information content (AvgIpc) is 2.98. The molecule has 3 heterocycles. The SMILES string of the molecule is CC1(c2noc(-c3csc(N)n3)n2)CCCCO1. The van der Waals surface area contributed by atoms with Gasteiger partial charge >= 0.3 is 0 Å². The predicted molar refractivity (Wildman–Crippen MR) is 67.0 cm³/mol. The quantitative estimate of drug-likeness (QED) is 0.896. The Morgan fingerprint density at radius 3 is 2.94 bits per heavy atom. The fraction of sp³-hybridized carbons (Fsp3) is 0.545. The number of anilines is 1. The zero-order valence-corrected chi connectivity index (χ0v) is 10.9. The molecule has 0 aromatic carbocycles. The molecular formula is C11H14N4O2S. The summed E-state index contributed by atoms with van der Waals surface area (Å²) in [5.41, 5.74) is 5.76. The molecule has 1 saturated heterocycles. The zero-order chi connectivity index (χ0) is 12.6. The third-order valence-electron chi connectivity index (χ3n) is 3.11. The first-order valence-electron chi connectivity index (χ1n) is 5.87. The number of rotatable bonds is 2. The number of nitrogens with two attached hydrogens (primary N) is 1. The summed E-state index contributed by atoms with van der Waals surface area (Å²) in [4.78, 5) is 8.50. The van der Waals surface area contributed by atoms with Gasteiger partial charge in [0.05, 0.1) is 0 Å². The summed E-state index contributed by atoms with van der Waals surface area (Å²) < 4.78 is 11.0. The Morgan fingerprint density at radius 2 is 2.28 bits per heavy atom. The highest BCUT2D eigenvalue weighted by molar-refractivity contribution is 7.13. The molecule has 0 spiro atoms. The molecule has 0 bridgehead atoms. The smallest absolute Gasteiger partial charge is 0.277 e. The molecule has 0 amide bonds. The number of thiazole rings is 1. The molecule has 1 aliphatic heterocycles. The van der Waals surface area contributed by atoms with Crippen LogP contribution in [0.25, 0.3) is 11.6 Å². The van der Waals surface area contributed by atoms with Crippen LogP contribution >= 0.6 is 11.3 Å². The van der Waals surface area contributed by atoms with E-state index in [0.29, 0.717) is 22.5 Å². The fourth-order valence-electron chi connectivity index (χ4n) is 2.04. The van der Waals surface area contributed by atoms with Crippen molar-refractivity contribution in [3.63, 3.8) is 0 Å². The van der Waals surface area contributed by atoms with Crippen LogP contribution in [0.5, 0.6) is 0 Å². The fourth-order valence-corrected chi connectivity index (χ4v) is 2.58. The van der Waals surface area contributed by atoms with E-state index < -0.39 is 5.60 Å². The van der Waals surface area contributed by atoms with Gasteiger partial charge in [-0.05, 0) is 26.2 Å². The summed E-state index contributed by atoms with van der Waals surface area (Å²) in [5, 5.41) is 6.30. The van der Waals surface area contributed by atoms with Crippen molar-refractivity contribution in [2.45, 2.75) is 31.8 Å². The molecule has 6 nitrogen and oxygen atoms in total. The summed E-state index contributed by atoms with van der Waals surface area (Å²) in [6.45, 7) is 2.74. The maximum absolute atomic E-state index is 5.78. The first kappa shape index (κ1) is 11.6. The summed E-state index contributed by atoms with van der Waals surface area (Å²) in [5.74, 6) is 0.983. The van der Waals surface area contributed by atoms with E-state index >= 15 is 0 Å². The second kappa shape index (κ2) is 4.33. The second-order valence-corrected chi connectivity index (χ2v) is 5.42. The largest absolute Gasteiger partial charge is 0.375 e. The van der Waals surface area contributed by atoms with Gasteiger partial charge < -0.3 is 15.0 Å². The number of hydrogen-bond donors (Lipinski definition) is 1. The summed E-state index contributed by atoms with van der Waals surface area (Å²) in [6, 6.07) is 0. The molecule has 1 unspecified atom stereocenters. The van der Waals surface area contributed by atoms with Crippen molar-refractivity contribution in [1.82, 2.24) is 15.1 Å². The molecule has 0 radical (unpaired) electrons. The number of hydrogen-bond acceptors (Lipinski definition) is 7. The van der Waals surface area contributed by atoms with Crippen molar-refractivity contribution >= 4 is 16.5 Å². The Kier molecular flexibility index (Phi) is 2.79. The lowest BCUT2D eigenvalue weighted by molar-refractivity contribution is -0.0770. The van der Waals surface area contributed by atoms with E-state index in [4.69, 9.17) is 15.0 Å². The van der Waals surface area contributed by atoms with Gasteiger partial charge in [-0.2, -0.15) is 4.98 Å². The van der Waals surface area contributed by atoms with Crippen molar-refractivity contribution < 1.29 is 9.26 Å². The van der Waals surface area contributed by atoms with Gasteiger partial charge in [0.1, 0.15) is 11.3 Å². The lowest BCUT2D eigenvalue weighted by Gasteiger charge is -2.30. The van der Waals surface area contributed by atoms with Gasteiger partial charge in [0, 0.05) is 12.0 Å². The molecule has 0 aliphatic carbocycles. The van der Waals surface area contributed by atoms with Crippen LogP contribution in [0.15, 0.2) is 9.90 Å². The molecule has 1 fully saturated rings. The van der Waals surface area contributed by atoms with Crippen molar-refractivity contribution in [3.05, 3.63) is 11.2 Å². The minimum Gasteiger partial charge on any atom is -0.375 e. The number of nitrogens with zero attached hydrogens (tertiary/aromatic N) is 3. The van der Waals surface area contributed by atoms with Gasteiger partial charge in [0.25, 0.3) is 5.89 Å². The highest BCUT2D eigenvalue weighted by atomic mass is 32.1. The highest BCUT2D eigenvalue weighted by Gasteiger charge is 2.35. The third kappa shape index (κ3) is 1.99. The Morgan fingerprint density at radius 1 is 1.39 bits per heavy atom. The molecule has 3 rings (SSSR count). The molecule has 18 heavy (non-hydrogen) atoms. The van der Waals surface area contributed by atoms with Crippen LogP contribution in [0.4, 0.5) is 5.13 Å². The van der Waals surface area contributed by atoms with E-state index in [-0.39, 0.29) is 0 Å². The van der Waals surface area contributed by atoms with Gasteiger partial charge in [0.2, 0.25) is 5.82 Å². The topological polar surface area (TPSA) is 87.1 Å². The van der Waals surface area contributed by atoms with Gasteiger partial charge in [-0.15, -0.1) is 11.3 Å². The van der Waals surface area contributed by atoms with Gasteiger partial charge in [0.15, 0.2) is 5.13 Å². The van der Waals surface area contributed by atoms with Crippen molar-refractivity contribution in [1.29, 1.82) is 0 Å². The number of aromatic nitrogens is 3. The lowest BCUT2D eigenvalue weighted by Crippen LogP contribution is -2.31. The lowest BCUT2D eigenvalue weighted by atomic mass is 9.95. The van der Waals surface area contributed by atoms with E-state index in [1.807, 2.05) is 6.92 Å². The van der Waals surface area contributed by atoms with E-state index in [1.165, 1.54) is 11.3 Å². The first-order chi connectivity index (χ1) is 8.67. The van der Waals surface area contributed by atoms with Crippen LogP contribution in [0.2, 0.25) is 0 Å². The van der Waals surface area contributed by atoms with Crippen LogP contribution in [-0.4, -0.2) is 21.7 Å². The summed E-state index contributed by atoms with van der Waals surface area (Å²) in [7, 11) is 0. The van der Waals surface area contributed by atoms with Crippen molar-refractivity contribution in [2.24, 2.45) is 0 Å².